The van der Waals surface area contributed by atoms with Crippen molar-refractivity contribution in [3.8, 4) is 0 Å². The molecule has 0 bridgehead atoms. The number of ketones is 1. The SMILES string of the molecule is CCc1oc2ccccc2c1C(=O)c1ccc(NS(=O)(=O)c2ccc(Cl)c(Cl)c2)cc1Cl. The summed E-state index contributed by atoms with van der Waals surface area (Å²) in [5.74, 6) is 0.271. The molecule has 4 aromatic rings. The van der Waals surface area contributed by atoms with Crippen LogP contribution in [-0.4, -0.2) is 14.2 Å². The van der Waals surface area contributed by atoms with Crippen LogP contribution in [0.5, 0.6) is 0 Å². The lowest BCUT2D eigenvalue weighted by Gasteiger charge is -2.11. The highest BCUT2D eigenvalue weighted by molar-refractivity contribution is 7.92. The molecule has 4 rings (SSSR count). The highest BCUT2D eigenvalue weighted by Crippen LogP contribution is 2.32. The topological polar surface area (TPSA) is 76.4 Å². The van der Waals surface area contributed by atoms with Gasteiger partial charge >= 0.3 is 0 Å². The smallest absolute Gasteiger partial charge is 0.261 e. The van der Waals surface area contributed by atoms with Crippen LogP contribution in [0.2, 0.25) is 15.1 Å². The molecule has 0 spiro atoms. The van der Waals surface area contributed by atoms with Gasteiger partial charge < -0.3 is 4.42 Å². The van der Waals surface area contributed by atoms with E-state index in [1.54, 1.807) is 6.07 Å². The zero-order valence-electron chi connectivity index (χ0n) is 16.7. The normalized spacial score (nSPS) is 11.6. The first-order valence-corrected chi connectivity index (χ1v) is 12.2. The second kappa shape index (κ2) is 8.79. The molecule has 0 saturated carbocycles. The summed E-state index contributed by atoms with van der Waals surface area (Å²) in [6.07, 6.45) is 0.537. The number of hydrogen-bond donors (Lipinski definition) is 1. The first kappa shape index (κ1) is 22.7. The van der Waals surface area contributed by atoms with Gasteiger partial charge in [-0.2, -0.15) is 0 Å². The van der Waals surface area contributed by atoms with Gasteiger partial charge in [0.2, 0.25) is 0 Å². The lowest BCUT2D eigenvalue weighted by molar-refractivity contribution is 0.103. The number of carbonyl (C=O) groups excluding carboxylic acids is 1. The number of carbonyl (C=O) groups is 1. The maximum atomic E-state index is 13.3. The zero-order valence-corrected chi connectivity index (χ0v) is 19.7. The number of furan rings is 1. The number of anilines is 1. The van der Waals surface area contributed by atoms with E-state index < -0.39 is 10.0 Å². The molecule has 0 aliphatic carbocycles. The van der Waals surface area contributed by atoms with E-state index in [1.807, 2.05) is 25.1 Å². The summed E-state index contributed by atoms with van der Waals surface area (Å²) >= 11 is 18.2. The average Bonchev–Trinajstić information content (AvgIpc) is 3.13. The van der Waals surface area contributed by atoms with E-state index in [4.69, 9.17) is 39.2 Å². The number of sulfonamides is 1. The largest absolute Gasteiger partial charge is 0.460 e. The molecule has 1 N–H and O–H groups in total. The number of rotatable bonds is 6. The third-order valence-corrected chi connectivity index (χ3v) is 7.31. The van der Waals surface area contributed by atoms with Gasteiger partial charge in [-0.3, -0.25) is 9.52 Å². The van der Waals surface area contributed by atoms with Crippen LogP contribution in [0.1, 0.15) is 28.6 Å². The molecule has 0 saturated heterocycles. The Morgan fingerprint density at radius 1 is 0.938 bits per heavy atom. The molecule has 0 amide bonds. The minimum Gasteiger partial charge on any atom is -0.460 e. The van der Waals surface area contributed by atoms with E-state index in [1.165, 1.54) is 36.4 Å². The molecule has 164 valence electrons. The summed E-state index contributed by atoms with van der Waals surface area (Å²) in [6, 6.07) is 15.6. The van der Waals surface area contributed by atoms with Gasteiger partial charge in [-0.1, -0.05) is 59.9 Å². The second-order valence-electron chi connectivity index (χ2n) is 6.96. The Kier molecular flexibility index (Phi) is 6.23. The van der Waals surface area contributed by atoms with Crippen molar-refractivity contribution >= 4 is 67.3 Å². The van der Waals surface area contributed by atoms with Crippen LogP contribution in [0.4, 0.5) is 5.69 Å². The Labute approximate surface area is 199 Å². The number of halogens is 3. The van der Waals surface area contributed by atoms with E-state index in [2.05, 4.69) is 4.72 Å². The molecule has 3 aromatic carbocycles. The first-order chi connectivity index (χ1) is 15.2. The Morgan fingerprint density at radius 2 is 1.69 bits per heavy atom. The third kappa shape index (κ3) is 4.24. The van der Waals surface area contributed by atoms with Crippen molar-refractivity contribution in [2.75, 3.05) is 4.72 Å². The van der Waals surface area contributed by atoms with Gasteiger partial charge in [0.1, 0.15) is 11.3 Å². The van der Waals surface area contributed by atoms with E-state index in [0.29, 0.717) is 28.7 Å². The van der Waals surface area contributed by atoms with Crippen LogP contribution in [0.3, 0.4) is 0 Å². The predicted molar refractivity (Wildman–Crippen MR) is 128 cm³/mol. The monoisotopic (exact) mass is 507 g/mol. The van der Waals surface area contributed by atoms with E-state index >= 15 is 0 Å². The Hall–Kier alpha value is -2.51. The number of aryl methyl sites for hydroxylation is 1. The van der Waals surface area contributed by atoms with Crippen LogP contribution in [0.15, 0.2) is 70.0 Å². The fourth-order valence-corrected chi connectivity index (χ4v) is 5.05. The Bertz CT molecular complexity index is 1460. The van der Waals surface area contributed by atoms with Crippen molar-refractivity contribution in [1.29, 1.82) is 0 Å². The molecule has 0 fully saturated rings. The number of para-hydroxylation sites is 1. The number of fused-ring (bicyclic) bond motifs is 1. The fourth-order valence-electron chi connectivity index (χ4n) is 3.35. The quantitative estimate of drug-likeness (QED) is 0.285. The summed E-state index contributed by atoms with van der Waals surface area (Å²) in [4.78, 5) is 13.2. The highest BCUT2D eigenvalue weighted by Gasteiger charge is 2.23. The maximum Gasteiger partial charge on any atom is 0.261 e. The van der Waals surface area contributed by atoms with Gasteiger partial charge in [-0.15, -0.1) is 0 Å². The average molecular weight is 509 g/mol. The summed E-state index contributed by atoms with van der Waals surface area (Å²) in [5, 5.41) is 1.17. The van der Waals surface area contributed by atoms with Crippen LogP contribution in [-0.2, 0) is 16.4 Å². The predicted octanol–water partition coefficient (Wildman–Crippen LogP) is 6.99. The van der Waals surface area contributed by atoms with Gasteiger partial charge in [0.25, 0.3) is 10.0 Å². The number of nitrogens with one attached hydrogen (secondary N) is 1. The molecular weight excluding hydrogens is 493 g/mol. The Morgan fingerprint density at radius 3 is 2.38 bits per heavy atom. The zero-order chi connectivity index (χ0) is 23.0. The van der Waals surface area contributed by atoms with Crippen molar-refractivity contribution in [1.82, 2.24) is 0 Å². The number of benzene rings is 3. The number of hydrogen-bond acceptors (Lipinski definition) is 4. The molecule has 1 aromatic heterocycles. The van der Waals surface area contributed by atoms with Gasteiger partial charge in [0.15, 0.2) is 5.78 Å². The lowest BCUT2D eigenvalue weighted by atomic mass is 9.99. The fraction of sp³-hybridized carbons (Fsp3) is 0.0870. The second-order valence-corrected chi connectivity index (χ2v) is 9.86. The van der Waals surface area contributed by atoms with Gasteiger partial charge in [0.05, 0.1) is 31.2 Å². The van der Waals surface area contributed by atoms with Gasteiger partial charge in [-0.05, 0) is 42.5 Å². The molecule has 9 heteroatoms. The minimum atomic E-state index is -3.94. The van der Waals surface area contributed by atoms with Crippen LogP contribution >= 0.6 is 34.8 Å². The van der Waals surface area contributed by atoms with Crippen molar-refractivity contribution < 1.29 is 17.6 Å². The van der Waals surface area contributed by atoms with Crippen molar-refractivity contribution in [3.63, 3.8) is 0 Å². The van der Waals surface area contributed by atoms with Gasteiger partial charge in [0, 0.05) is 17.4 Å². The van der Waals surface area contributed by atoms with Crippen molar-refractivity contribution in [2.45, 2.75) is 18.2 Å². The van der Waals surface area contributed by atoms with Gasteiger partial charge in [-0.25, -0.2) is 8.42 Å². The van der Waals surface area contributed by atoms with Crippen LogP contribution < -0.4 is 4.72 Å². The summed E-state index contributed by atoms with van der Waals surface area (Å²) in [5.41, 5.74) is 1.51. The molecular formula is C23H16Cl3NO4S. The standard InChI is InChI=1S/C23H16Cl3NO4S/c1-2-20-22(16-5-3-4-6-21(16)31-20)23(28)15-9-7-13(11-18(15)25)27-32(29,30)14-8-10-17(24)19(26)12-14/h3-12,27H,2H2,1H3. The maximum absolute atomic E-state index is 13.3. The molecule has 32 heavy (non-hydrogen) atoms. The molecule has 1 heterocycles. The van der Waals surface area contributed by atoms with Crippen LogP contribution in [0.25, 0.3) is 11.0 Å². The van der Waals surface area contributed by atoms with E-state index in [9.17, 15) is 13.2 Å². The van der Waals surface area contributed by atoms with Crippen molar-refractivity contribution in [3.05, 3.63) is 92.6 Å². The molecule has 5 nitrogen and oxygen atoms in total. The van der Waals surface area contributed by atoms with E-state index in [0.717, 1.165) is 0 Å². The van der Waals surface area contributed by atoms with Crippen molar-refractivity contribution in [2.24, 2.45) is 0 Å². The summed E-state index contributed by atoms with van der Waals surface area (Å²) < 4.78 is 33.6. The highest BCUT2D eigenvalue weighted by atomic mass is 35.5. The first-order valence-electron chi connectivity index (χ1n) is 9.53. The van der Waals surface area contributed by atoms with Crippen LogP contribution in [0, 0.1) is 0 Å². The van der Waals surface area contributed by atoms with E-state index in [-0.39, 0.29) is 37.0 Å². The lowest BCUT2D eigenvalue weighted by Crippen LogP contribution is -2.13. The third-order valence-electron chi connectivity index (χ3n) is 4.88. The molecule has 0 radical (unpaired) electrons. The molecule has 0 aliphatic rings. The Balaban J connectivity index is 1.67. The molecule has 0 unspecified atom stereocenters. The summed E-state index contributed by atoms with van der Waals surface area (Å²) in [6.45, 7) is 1.90. The summed E-state index contributed by atoms with van der Waals surface area (Å²) in [7, 11) is -3.94. The molecule has 0 atom stereocenters. The minimum absolute atomic E-state index is 0.0550. The molecule has 0 aliphatic heterocycles.